The zero-order chi connectivity index (χ0) is 14.0. The second kappa shape index (κ2) is 6.08. The molecule has 0 spiro atoms. The molecule has 1 aromatic heterocycles. The number of halogens is 2. The van der Waals surface area contributed by atoms with Gasteiger partial charge >= 0.3 is 0 Å². The van der Waals surface area contributed by atoms with Crippen LogP contribution >= 0.6 is 43.2 Å². The van der Waals surface area contributed by atoms with Crippen LogP contribution in [0.4, 0.5) is 0 Å². The molecule has 0 amide bonds. The smallest absolute Gasteiger partial charge is 0.0404 e. The summed E-state index contributed by atoms with van der Waals surface area (Å²) in [5.41, 5.74) is 1.22. The molecule has 19 heavy (non-hydrogen) atoms. The Kier molecular flexibility index (Phi) is 4.88. The fourth-order valence-electron chi connectivity index (χ4n) is 2.17. The van der Waals surface area contributed by atoms with E-state index in [1.165, 1.54) is 14.9 Å². The molecule has 0 aliphatic carbocycles. The highest BCUT2D eigenvalue weighted by Gasteiger charge is 2.24. The van der Waals surface area contributed by atoms with E-state index in [1.807, 2.05) is 0 Å². The monoisotopic (exact) mass is 401 g/mol. The summed E-state index contributed by atoms with van der Waals surface area (Å²) in [5.74, 6) is 0. The van der Waals surface area contributed by atoms with Crippen LogP contribution in [0.3, 0.4) is 0 Å². The molecule has 0 radical (unpaired) electrons. The minimum Gasteiger partial charge on any atom is -0.300 e. The van der Waals surface area contributed by atoms with Crippen LogP contribution in [0, 0.1) is 0 Å². The first-order chi connectivity index (χ1) is 8.90. The van der Waals surface area contributed by atoms with Crippen LogP contribution in [0.25, 0.3) is 0 Å². The average Bonchev–Trinajstić information content (AvgIpc) is 2.75. The Bertz CT molecular complexity index is 546. The Labute approximate surface area is 135 Å². The predicted octanol–water partition coefficient (Wildman–Crippen LogP) is 5.86. The number of hydrogen-bond donors (Lipinski definition) is 1. The second-order valence-electron chi connectivity index (χ2n) is 5.13. The van der Waals surface area contributed by atoms with Crippen molar-refractivity contribution in [3.63, 3.8) is 0 Å². The van der Waals surface area contributed by atoms with Crippen molar-refractivity contribution in [3.05, 3.63) is 55.1 Å². The van der Waals surface area contributed by atoms with Crippen molar-refractivity contribution in [1.29, 1.82) is 0 Å². The molecule has 1 atom stereocenters. The summed E-state index contributed by atoms with van der Waals surface area (Å²) in [5, 5.41) is 5.82. The standard InChI is InChI=1S/C15H17Br2NS/c1-10(14-13(17)8-9-19-14)18-15(2,3)11-4-6-12(16)7-5-11/h4-10,18H,1-3H3. The van der Waals surface area contributed by atoms with Crippen molar-refractivity contribution in [2.75, 3.05) is 0 Å². The molecule has 2 aromatic rings. The van der Waals surface area contributed by atoms with Crippen molar-refractivity contribution >= 4 is 43.2 Å². The molecule has 1 unspecified atom stereocenters. The van der Waals surface area contributed by atoms with Crippen LogP contribution in [0.15, 0.2) is 44.7 Å². The third kappa shape index (κ3) is 3.69. The first kappa shape index (κ1) is 15.2. The highest BCUT2D eigenvalue weighted by Crippen LogP contribution is 2.32. The summed E-state index contributed by atoms with van der Waals surface area (Å²) >= 11 is 8.86. The minimum absolute atomic E-state index is 0.0659. The van der Waals surface area contributed by atoms with Gasteiger partial charge in [0.25, 0.3) is 0 Å². The van der Waals surface area contributed by atoms with Crippen molar-refractivity contribution in [1.82, 2.24) is 5.32 Å². The van der Waals surface area contributed by atoms with E-state index in [4.69, 9.17) is 0 Å². The van der Waals surface area contributed by atoms with E-state index in [0.29, 0.717) is 6.04 Å². The Balaban J connectivity index is 2.17. The normalized spacial score (nSPS) is 13.5. The van der Waals surface area contributed by atoms with Gasteiger partial charge in [0, 0.05) is 25.4 Å². The fraction of sp³-hybridized carbons (Fsp3) is 0.333. The first-order valence-electron chi connectivity index (χ1n) is 6.17. The maximum atomic E-state index is 3.70. The quantitative estimate of drug-likeness (QED) is 0.675. The molecular formula is C15H17Br2NS. The van der Waals surface area contributed by atoms with Crippen LogP contribution in [0.5, 0.6) is 0 Å². The number of benzene rings is 1. The largest absolute Gasteiger partial charge is 0.300 e. The van der Waals surface area contributed by atoms with Crippen LogP contribution in [0.2, 0.25) is 0 Å². The molecule has 4 heteroatoms. The van der Waals surface area contributed by atoms with Gasteiger partial charge in [0.15, 0.2) is 0 Å². The maximum absolute atomic E-state index is 3.70. The summed E-state index contributed by atoms with van der Waals surface area (Å²) in [7, 11) is 0. The Hall–Kier alpha value is -0.160. The molecule has 1 N–H and O–H groups in total. The maximum Gasteiger partial charge on any atom is 0.0404 e. The van der Waals surface area contributed by atoms with Gasteiger partial charge in [0.1, 0.15) is 0 Å². The lowest BCUT2D eigenvalue weighted by Gasteiger charge is -2.31. The molecule has 1 nitrogen and oxygen atoms in total. The third-order valence-corrected chi connectivity index (χ3v) is 5.76. The summed E-state index contributed by atoms with van der Waals surface area (Å²) in [6.07, 6.45) is 0. The number of nitrogens with one attached hydrogen (secondary N) is 1. The van der Waals surface area contributed by atoms with Crippen molar-refractivity contribution in [2.24, 2.45) is 0 Å². The van der Waals surface area contributed by atoms with E-state index >= 15 is 0 Å². The van der Waals surface area contributed by atoms with Gasteiger partial charge in [-0.3, -0.25) is 0 Å². The summed E-state index contributed by atoms with van der Waals surface area (Å²) < 4.78 is 2.30. The van der Waals surface area contributed by atoms with Crippen LogP contribution in [-0.2, 0) is 5.54 Å². The van der Waals surface area contributed by atoms with Crippen molar-refractivity contribution in [2.45, 2.75) is 32.4 Å². The topological polar surface area (TPSA) is 12.0 Å². The lowest BCUT2D eigenvalue weighted by molar-refractivity contribution is 0.360. The molecule has 0 aliphatic rings. The Morgan fingerprint density at radius 3 is 2.26 bits per heavy atom. The summed E-state index contributed by atoms with van der Waals surface area (Å²) in [6, 6.07) is 10.9. The van der Waals surface area contributed by atoms with E-state index in [-0.39, 0.29) is 5.54 Å². The molecule has 2 rings (SSSR count). The zero-order valence-corrected chi connectivity index (χ0v) is 15.2. The third-order valence-electron chi connectivity index (χ3n) is 3.18. The van der Waals surface area contributed by atoms with E-state index in [9.17, 15) is 0 Å². The zero-order valence-electron chi connectivity index (χ0n) is 11.2. The van der Waals surface area contributed by atoms with Gasteiger partial charge in [-0.05, 0) is 65.8 Å². The van der Waals surface area contributed by atoms with Gasteiger partial charge in [-0.25, -0.2) is 0 Å². The molecular weight excluding hydrogens is 386 g/mol. The molecule has 1 heterocycles. The molecule has 0 saturated carbocycles. The molecule has 0 fully saturated rings. The van der Waals surface area contributed by atoms with Gasteiger partial charge in [-0.15, -0.1) is 11.3 Å². The van der Waals surface area contributed by atoms with Gasteiger partial charge < -0.3 is 5.32 Å². The molecule has 0 bridgehead atoms. The number of thiophene rings is 1. The lowest BCUT2D eigenvalue weighted by Crippen LogP contribution is -2.38. The highest BCUT2D eigenvalue weighted by atomic mass is 79.9. The molecule has 0 aliphatic heterocycles. The van der Waals surface area contributed by atoms with Crippen molar-refractivity contribution in [3.8, 4) is 0 Å². The lowest BCUT2D eigenvalue weighted by atomic mass is 9.93. The highest BCUT2D eigenvalue weighted by molar-refractivity contribution is 9.10. The minimum atomic E-state index is -0.0659. The SMILES string of the molecule is CC(NC(C)(C)c1ccc(Br)cc1)c1sccc1Br. The predicted molar refractivity (Wildman–Crippen MR) is 90.7 cm³/mol. The second-order valence-corrected chi connectivity index (χ2v) is 7.85. The van der Waals surface area contributed by atoms with Gasteiger partial charge in [-0.1, -0.05) is 28.1 Å². The van der Waals surface area contributed by atoms with Crippen molar-refractivity contribution < 1.29 is 0 Å². The number of hydrogen-bond acceptors (Lipinski definition) is 2. The first-order valence-corrected chi connectivity index (χ1v) is 8.63. The van der Waals surface area contributed by atoms with E-state index in [1.54, 1.807) is 11.3 Å². The molecule has 102 valence electrons. The van der Waals surface area contributed by atoms with Gasteiger partial charge in [0.2, 0.25) is 0 Å². The van der Waals surface area contributed by atoms with Gasteiger partial charge in [0.05, 0.1) is 0 Å². The van der Waals surface area contributed by atoms with Crippen LogP contribution < -0.4 is 5.32 Å². The Morgan fingerprint density at radius 1 is 1.11 bits per heavy atom. The summed E-state index contributed by atoms with van der Waals surface area (Å²) in [4.78, 5) is 1.34. The van der Waals surface area contributed by atoms with E-state index in [0.717, 1.165) is 4.47 Å². The van der Waals surface area contributed by atoms with E-state index in [2.05, 4.69) is 93.7 Å². The molecule has 1 aromatic carbocycles. The number of rotatable bonds is 4. The van der Waals surface area contributed by atoms with Crippen LogP contribution in [0.1, 0.15) is 37.3 Å². The summed E-state index contributed by atoms with van der Waals surface area (Å²) in [6.45, 7) is 6.64. The van der Waals surface area contributed by atoms with E-state index < -0.39 is 0 Å². The van der Waals surface area contributed by atoms with Gasteiger partial charge in [-0.2, -0.15) is 0 Å². The van der Waals surface area contributed by atoms with Crippen LogP contribution in [-0.4, -0.2) is 0 Å². The molecule has 0 saturated heterocycles. The average molecular weight is 403 g/mol. The Morgan fingerprint density at radius 2 is 1.74 bits per heavy atom. The fourth-order valence-corrected chi connectivity index (χ4v) is 4.16.